The van der Waals surface area contributed by atoms with Crippen LogP contribution in [0.1, 0.15) is 34.6 Å². The highest BCUT2D eigenvalue weighted by Crippen LogP contribution is 2.29. The Morgan fingerprint density at radius 2 is 1.54 bits per heavy atom. The molecule has 3 rings (SSSR count). The zero-order chi connectivity index (χ0) is 18.8. The van der Waals surface area contributed by atoms with Crippen LogP contribution in [0.2, 0.25) is 10.0 Å². The average molecular weight is 390 g/mol. The fraction of sp³-hybridized carbons (Fsp3) is 0.211. The lowest BCUT2D eigenvalue weighted by Gasteiger charge is -2.27. The van der Waals surface area contributed by atoms with Gasteiger partial charge in [0.25, 0.3) is 11.8 Å². The van der Waals surface area contributed by atoms with Crippen LogP contribution < -0.4 is 0 Å². The number of aliphatic imine (C=N–C) groups is 1. The molecule has 7 heteroatoms. The molecule has 0 fully saturated rings. The predicted octanol–water partition coefficient (Wildman–Crippen LogP) is 4.62. The highest BCUT2D eigenvalue weighted by atomic mass is 35.5. The lowest BCUT2D eigenvalue weighted by Crippen LogP contribution is -2.47. The summed E-state index contributed by atoms with van der Waals surface area (Å²) >= 11 is 12.0. The molecule has 0 N–H and O–H groups in total. The summed E-state index contributed by atoms with van der Waals surface area (Å²) in [7, 11) is 0. The van der Waals surface area contributed by atoms with Crippen LogP contribution in [0.4, 0.5) is 5.69 Å². The van der Waals surface area contributed by atoms with Crippen molar-refractivity contribution in [2.75, 3.05) is 13.1 Å². The number of imide groups is 1. The summed E-state index contributed by atoms with van der Waals surface area (Å²) in [6.45, 7) is 5.05. The first kappa shape index (κ1) is 18.4. The van der Waals surface area contributed by atoms with Gasteiger partial charge in [-0.05, 0) is 44.2 Å². The van der Waals surface area contributed by atoms with Crippen molar-refractivity contribution >= 4 is 46.7 Å². The Balaban J connectivity index is 2.11. The molecule has 2 amide bonds. The molecule has 2 aromatic carbocycles. The van der Waals surface area contributed by atoms with Crippen molar-refractivity contribution in [2.45, 2.75) is 13.8 Å². The van der Waals surface area contributed by atoms with E-state index in [9.17, 15) is 9.59 Å². The molecule has 0 atom stereocenters. The molecular formula is C19H17Cl2N3O2. The Hall–Kier alpha value is -2.37. The number of nitrogens with zero attached hydrogens (tertiary/aromatic N) is 3. The van der Waals surface area contributed by atoms with Crippen LogP contribution in [0, 0.1) is 0 Å². The van der Waals surface area contributed by atoms with Crippen LogP contribution in [-0.2, 0) is 0 Å². The summed E-state index contributed by atoms with van der Waals surface area (Å²) in [5, 5.41) is 0.768. The lowest BCUT2D eigenvalue weighted by molar-refractivity contribution is 0.0731. The topological polar surface area (TPSA) is 53.0 Å². The monoisotopic (exact) mass is 389 g/mol. The first-order chi connectivity index (χ1) is 12.5. The van der Waals surface area contributed by atoms with Gasteiger partial charge in [0, 0.05) is 13.1 Å². The lowest BCUT2D eigenvalue weighted by atomic mass is 10.1. The molecule has 5 nitrogen and oxygen atoms in total. The minimum Gasteiger partial charge on any atom is -0.342 e. The van der Waals surface area contributed by atoms with Crippen molar-refractivity contribution in [2.24, 2.45) is 4.99 Å². The number of rotatable bonds is 3. The van der Waals surface area contributed by atoms with E-state index in [-0.39, 0.29) is 17.8 Å². The number of halogens is 2. The van der Waals surface area contributed by atoms with Crippen LogP contribution in [0.3, 0.4) is 0 Å². The number of hydrogen-bond acceptors (Lipinski definition) is 3. The molecule has 0 bridgehead atoms. The minimum absolute atomic E-state index is 0.277. The van der Waals surface area contributed by atoms with Gasteiger partial charge in [-0.15, -0.1) is 0 Å². The highest BCUT2D eigenvalue weighted by Gasteiger charge is 2.39. The van der Waals surface area contributed by atoms with Crippen LogP contribution in [-0.4, -0.2) is 40.7 Å². The Kier molecular flexibility index (Phi) is 5.30. The maximum Gasteiger partial charge on any atom is 0.268 e. The summed E-state index contributed by atoms with van der Waals surface area (Å²) < 4.78 is 0. The number of guanidine groups is 1. The molecule has 2 aromatic rings. The smallest absolute Gasteiger partial charge is 0.268 e. The number of carbonyl (C=O) groups excluding carboxylic acids is 2. The van der Waals surface area contributed by atoms with Crippen LogP contribution in [0.15, 0.2) is 47.5 Å². The zero-order valence-electron chi connectivity index (χ0n) is 14.4. The average Bonchev–Trinajstić information content (AvgIpc) is 2.89. The van der Waals surface area contributed by atoms with Crippen LogP contribution in [0.5, 0.6) is 0 Å². The van der Waals surface area contributed by atoms with E-state index >= 15 is 0 Å². The van der Waals surface area contributed by atoms with Gasteiger partial charge in [0.15, 0.2) is 0 Å². The standard InChI is InChI=1S/C19H17Cl2N3O2/c1-3-23(4-2)19(22-12-9-10-15(20)16(21)11-12)24-17(25)13-7-5-6-8-14(13)18(24)26/h5-11H,3-4H2,1-2H3. The van der Waals surface area contributed by atoms with Crippen molar-refractivity contribution in [1.82, 2.24) is 9.80 Å². The SMILES string of the molecule is CCN(CC)C(=Nc1ccc(Cl)c(Cl)c1)N1C(=O)c2ccccc2C1=O. The minimum atomic E-state index is -0.378. The normalized spacial score (nSPS) is 14.0. The van der Waals surface area contributed by atoms with E-state index in [1.54, 1.807) is 42.5 Å². The van der Waals surface area contributed by atoms with Gasteiger partial charge in [-0.2, -0.15) is 0 Å². The predicted molar refractivity (Wildman–Crippen MR) is 103 cm³/mol. The van der Waals surface area contributed by atoms with Gasteiger partial charge in [0.05, 0.1) is 26.9 Å². The van der Waals surface area contributed by atoms with Gasteiger partial charge in [0.2, 0.25) is 5.96 Å². The van der Waals surface area contributed by atoms with E-state index < -0.39 is 0 Å². The molecule has 134 valence electrons. The number of fused-ring (bicyclic) bond motifs is 1. The van der Waals surface area contributed by atoms with Crippen molar-refractivity contribution in [1.29, 1.82) is 0 Å². The van der Waals surface area contributed by atoms with Gasteiger partial charge in [-0.1, -0.05) is 35.3 Å². The molecule has 1 aliphatic rings. The summed E-state index contributed by atoms with van der Waals surface area (Å²) in [5.74, 6) is -0.479. The Morgan fingerprint density at radius 1 is 0.962 bits per heavy atom. The molecule has 0 unspecified atom stereocenters. The zero-order valence-corrected chi connectivity index (χ0v) is 15.9. The first-order valence-corrected chi connectivity index (χ1v) is 9.00. The molecule has 0 spiro atoms. The summed E-state index contributed by atoms with van der Waals surface area (Å²) in [4.78, 5) is 33.2. The van der Waals surface area contributed by atoms with Crippen LogP contribution >= 0.6 is 23.2 Å². The van der Waals surface area contributed by atoms with E-state index in [2.05, 4.69) is 4.99 Å². The van der Waals surface area contributed by atoms with Crippen LogP contribution in [0.25, 0.3) is 0 Å². The van der Waals surface area contributed by atoms with Crippen molar-refractivity contribution in [3.63, 3.8) is 0 Å². The van der Waals surface area contributed by atoms with Gasteiger partial charge in [0.1, 0.15) is 0 Å². The van der Waals surface area contributed by atoms with E-state index in [1.807, 2.05) is 18.7 Å². The fourth-order valence-corrected chi connectivity index (χ4v) is 3.10. The molecule has 1 aliphatic heterocycles. The second-order valence-electron chi connectivity index (χ2n) is 5.67. The van der Waals surface area contributed by atoms with E-state index in [0.29, 0.717) is 39.9 Å². The van der Waals surface area contributed by atoms with Gasteiger partial charge in [-0.3, -0.25) is 9.59 Å². The second-order valence-corrected chi connectivity index (χ2v) is 6.49. The summed E-state index contributed by atoms with van der Waals surface area (Å²) in [5.41, 5.74) is 1.27. The maximum atomic E-state index is 12.8. The van der Waals surface area contributed by atoms with E-state index in [4.69, 9.17) is 23.2 Å². The molecule has 1 heterocycles. The van der Waals surface area contributed by atoms with E-state index in [0.717, 1.165) is 4.90 Å². The summed E-state index contributed by atoms with van der Waals surface area (Å²) in [6, 6.07) is 11.7. The van der Waals surface area contributed by atoms with Gasteiger partial charge >= 0.3 is 0 Å². The molecule has 0 aromatic heterocycles. The third kappa shape index (κ3) is 3.20. The number of benzene rings is 2. The highest BCUT2D eigenvalue weighted by molar-refractivity contribution is 6.42. The first-order valence-electron chi connectivity index (χ1n) is 8.24. The van der Waals surface area contributed by atoms with Gasteiger partial charge in [-0.25, -0.2) is 9.89 Å². The quantitative estimate of drug-likeness (QED) is 0.437. The molecular weight excluding hydrogens is 373 g/mol. The molecule has 0 radical (unpaired) electrons. The third-order valence-corrected chi connectivity index (χ3v) is 4.91. The second kappa shape index (κ2) is 7.48. The van der Waals surface area contributed by atoms with Crippen molar-refractivity contribution in [3.05, 3.63) is 63.6 Å². The largest absolute Gasteiger partial charge is 0.342 e. The third-order valence-electron chi connectivity index (χ3n) is 4.17. The Morgan fingerprint density at radius 3 is 2.04 bits per heavy atom. The fourth-order valence-electron chi connectivity index (χ4n) is 2.81. The maximum absolute atomic E-state index is 12.8. The Labute approximate surface area is 161 Å². The van der Waals surface area contributed by atoms with E-state index in [1.165, 1.54) is 0 Å². The number of hydrogen-bond donors (Lipinski definition) is 0. The van der Waals surface area contributed by atoms with Gasteiger partial charge < -0.3 is 4.90 Å². The van der Waals surface area contributed by atoms with Crippen molar-refractivity contribution < 1.29 is 9.59 Å². The van der Waals surface area contributed by atoms with Crippen molar-refractivity contribution in [3.8, 4) is 0 Å². The molecule has 0 saturated heterocycles. The summed E-state index contributed by atoms with van der Waals surface area (Å²) in [6.07, 6.45) is 0. The molecule has 0 aliphatic carbocycles. The number of amides is 2. The molecule has 26 heavy (non-hydrogen) atoms. The Bertz CT molecular complexity index is 872. The number of carbonyl (C=O) groups is 2. The molecule has 0 saturated carbocycles.